The summed E-state index contributed by atoms with van der Waals surface area (Å²) in [5.74, 6) is -0.195. The number of rotatable bonds is 3. The molecule has 0 amide bonds. The number of hydrogen-bond acceptors (Lipinski definition) is 4. The van der Waals surface area contributed by atoms with E-state index in [0.717, 1.165) is 0 Å². The Morgan fingerprint density at radius 1 is 1.32 bits per heavy atom. The standard InChI is InChI=1S/C13H15BrO5/c1-6(2)9-10(11(15)13(16)17)7(14)5-8-12(9)19-4-3-18-8/h5-6,11,15H,3-4H2,1-2H3,(H,16,17). The van der Waals surface area contributed by atoms with E-state index < -0.39 is 12.1 Å². The third-order valence-electron chi connectivity index (χ3n) is 2.95. The second-order valence-corrected chi connectivity index (χ2v) is 5.46. The summed E-state index contributed by atoms with van der Waals surface area (Å²) in [7, 11) is 0. The number of aliphatic hydroxyl groups excluding tert-OH is 1. The minimum absolute atomic E-state index is 0.00282. The fourth-order valence-corrected chi connectivity index (χ4v) is 2.81. The molecule has 0 aliphatic carbocycles. The summed E-state index contributed by atoms with van der Waals surface area (Å²) < 4.78 is 11.6. The molecule has 1 heterocycles. The lowest BCUT2D eigenvalue weighted by atomic mass is 9.92. The number of fused-ring (bicyclic) bond motifs is 1. The van der Waals surface area contributed by atoms with Gasteiger partial charge in [0.2, 0.25) is 0 Å². The quantitative estimate of drug-likeness (QED) is 0.890. The van der Waals surface area contributed by atoms with E-state index in [1.807, 2.05) is 13.8 Å². The first-order chi connectivity index (χ1) is 8.93. The first-order valence-corrected chi connectivity index (χ1v) is 6.75. The van der Waals surface area contributed by atoms with Gasteiger partial charge in [-0.3, -0.25) is 0 Å². The summed E-state index contributed by atoms with van der Waals surface area (Å²) in [6, 6.07) is 1.64. The molecule has 0 spiro atoms. The number of aliphatic carboxylic acids is 1. The van der Waals surface area contributed by atoms with Crippen molar-refractivity contribution in [3.63, 3.8) is 0 Å². The maximum atomic E-state index is 11.1. The van der Waals surface area contributed by atoms with Gasteiger partial charge in [-0.1, -0.05) is 29.8 Å². The molecule has 1 aromatic carbocycles. The maximum absolute atomic E-state index is 11.1. The van der Waals surface area contributed by atoms with Crippen molar-refractivity contribution >= 4 is 21.9 Å². The van der Waals surface area contributed by atoms with Gasteiger partial charge in [0, 0.05) is 15.6 Å². The number of carbonyl (C=O) groups is 1. The molecule has 0 aromatic heterocycles. The Kier molecular flexibility index (Phi) is 4.01. The number of aliphatic hydroxyl groups is 1. The first-order valence-electron chi connectivity index (χ1n) is 5.96. The highest BCUT2D eigenvalue weighted by atomic mass is 79.9. The summed E-state index contributed by atoms with van der Waals surface area (Å²) in [5.41, 5.74) is 0.991. The van der Waals surface area contributed by atoms with Crippen molar-refractivity contribution in [2.75, 3.05) is 13.2 Å². The van der Waals surface area contributed by atoms with Crippen LogP contribution in [-0.4, -0.2) is 29.4 Å². The van der Waals surface area contributed by atoms with Crippen LogP contribution in [0.3, 0.4) is 0 Å². The molecule has 0 saturated heterocycles. The second-order valence-electron chi connectivity index (χ2n) is 4.61. The topological polar surface area (TPSA) is 76.0 Å². The Balaban J connectivity index is 2.68. The summed E-state index contributed by atoms with van der Waals surface area (Å²) >= 11 is 3.30. The minimum Gasteiger partial charge on any atom is -0.486 e. The van der Waals surface area contributed by atoms with E-state index in [9.17, 15) is 9.90 Å². The minimum atomic E-state index is -1.59. The Hall–Kier alpha value is -1.27. The third-order valence-corrected chi connectivity index (χ3v) is 3.60. The van der Waals surface area contributed by atoms with E-state index in [2.05, 4.69) is 15.9 Å². The summed E-state index contributed by atoms with van der Waals surface area (Å²) in [6.07, 6.45) is -1.59. The molecule has 1 aliphatic rings. The number of benzene rings is 1. The van der Waals surface area contributed by atoms with Crippen molar-refractivity contribution in [1.82, 2.24) is 0 Å². The summed E-state index contributed by atoms with van der Waals surface area (Å²) in [4.78, 5) is 11.1. The van der Waals surface area contributed by atoms with Crippen LogP contribution in [0.2, 0.25) is 0 Å². The van der Waals surface area contributed by atoms with Crippen molar-refractivity contribution in [1.29, 1.82) is 0 Å². The smallest absolute Gasteiger partial charge is 0.337 e. The number of ether oxygens (including phenoxy) is 2. The van der Waals surface area contributed by atoms with Gasteiger partial charge in [-0.2, -0.15) is 0 Å². The molecule has 19 heavy (non-hydrogen) atoms. The Bertz CT molecular complexity index is 512. The van der Waals surface area contributed by atoms with Gasteiger partial charge in [-0.25, -0.2) is 4.79 Å². The van der Waals surface area contributed by atoms with Crippen LogP contribution in [0.4, 0.5) is 0 Å². The Labute approximate surface area is 119 Å². The number of hydrogen-bond donors (Lipinski definition) is 2. The summed E-state index contributed by atoms with van der Waals surface area (Å²) in [5, 5.41) is 18.9. The molecule has 0 bridgehead atoms. The van der Waals surface area contributed by atoms with Gasteiger partial charge in [-0.05, 0) is 12.0 Å². The fourth-order valence-electron chi connectivity index (χ4n) is 2.17. The lowest BCUT2D eigenvalue weighted by Gasteiger charge is -2.26. The molecule has 6 heteroatoms. The molecule has 1 aliphatic heterocycles. The van der Waals surface area contributed by atoms with Crippen molar-refractivity contribution in [2.24, 2.45) is 0 Å². The highest BCUT2D eigenvalue weighted by molar-refractivity contribution is 9.10. The zero-order valence-corrected chi connectivity index (χ0v) is 12.2. The van der Waals surface area contributed by atoms with Gasteiger partial charge >= 0.3 is 5.97 Å². The van der Waals surface area contributed by atoms with Crippen LogP contribution in [0.5, 0.6) is 11.5 Å². The first kappa shape index (κ1) is 14.1. The molecule has 2 N–H and O–H groups in total. The molecule has 1 aromatic rings. The predicted octanol–water partition coefficient (Wildman–Crippen LogP) is 2.46. The monoisotopic (exact) mass is 330 g/mol. The highest BCUT2D eigenvalue weighted by Gasteiger charge is 2.30. The molecule has 0 radical (unpaired) electrons. The molecule has 1 atom stereocenters. The predicted molar refractivity (Wildman–Crippen MR) is 71.8 cm³/mol. The SMILES string of the molecule is CC(C)c1c2c(cc(Br)c1C(O)C(=O)O)OCCO2. The highest BCUT2D eigenvalue weighted by Crippen LogP contribution is 2.45. The van der Waals surface area contributed by atoms with E-state index in [1.165, 1.54) is 0 Å². The van der Waals surface area contributed by atoms with Crippen molar-refractivity contribution in [3.8, 4) is 11.5 Å². The third kappa shape index (κ3) is 2.55. The van der Waals surface area contributed by atoms with E-state index in [0.29, 0.717) is 40.3 Å². The maximum Gasteiger partial charge on any atom is 0.337 e. The van der Waals surface area contributed by atoms with Crippen LogP contribution in [0.1, 0.15) is 37.0 Å². The lowest BCUT2D eigenvalue weighted by molar-refractivity contribution is -0.147. The average Bonchev–Trinajstić information content (AvgIpc) is 2.35. The van der Waals surface area contributed by atoms with Crippen LogP contribution in [-0.2, 0) is 4.79 Å². The van der Waals surface area contributed by atoms with E-state index in [-0.39, 0.29) is 5.92 Å². The number of carboxylic acid groups (broad SMARTS) is 1. The molecular weight excluding hydrogens is 316 g/mol. The van der Waals surface area contributed by atoms with Crippen LogP contribution in [0, 0.1) is 0 Å². The molecule has 5 nitrogen and oxygen atoms in total. The fraction of sp³-hybridized carbons (Fsp3) is 0.462. The van der Waals surface area contributed by atoms with Gasteiger partial charge in [0.1, 0.15) is 13.2 Å². The van der Waals surface area contributed by atoms with Crippen LogP contribution >= 0.6 is 15.9 Å². The molecule has 1 unspecified atom stereocenters. The van der Waals surface area contributed by atoms with Crippen LogP contribution < -0.4 is 9.47 Å². The van der Waals surface area contributed by atoms with Crippen molar-refractivity contribution in [2.45, 2.75) is 25.9 Å². The molecule has 0 saturated carbocycles. The molecular formula is C13H15BrO5. The second kappa shape index (κ2) is 5.38. The number of halogens is 1. The van der Waals surface area contributed by atoms with Crippen LogP contribution in [0.25, 0.3) is 0 Å². The normalized spacial score (nSPS) is 15.4. The van der Waals surface area contributed by atoms with Gasteiger partial charge in [0.05, 0.1) is 0 Å². The van der Waals surface area contributed by atoms with Gasteiger partial charge in [0.25, 0.3) is 0 Å². The molecule has 0 fully saturated rings. The van der Waals surface area contributed by atoms with Gasteiger partial charge in [-0.15, -0.1) is 0 Å². The van der Waals surface area contributed by atoms with E-state index in [4.69, 9.17) is 14.6 Å². The average molecular weight is 331 g/mol. The molecule has 104 valence electrons. The van der Waals surface area contributed by atoms with E-state index >= 15 is 0 Å². The van der Waals surface area contributed by atoms with Crippen molar-refractivity contribution < 1.29 is 24.5 Å². The zero-order valence-electron chi connectivity index (χ0n) is 10.6. The zero-order chi connectivity index (χ0) is 14.2. The van der Waals surface area contributed by atoms with Gasteiger partial charge in [0.15, 0.2) is 17.6 Å². The Morgan fingerprint density at radius 2 is 1.95 bits per heavy atom. The largest absolute Gasteiger partial charge is 0.486 e. The molecule has 2 rings (SSSR count). The number of carboxylic acids is 1. The van der Waals surface area contributed by atoms with Crippen LogP contribution in [0.15, 0.2) is 10.5 Å². The summed E-state index contributed by atoms with van der Waals surface area (Å²) in [6.45, 7) is 4.70. The van der Waals surface area contributed by atoms with E-state index in [1.54, 1.807) is 6.07 Å². The van der Waals surface area contributed by atoms with Crippen molar-refractivity contribution in [3.05, 3.63) is 21.7 Å². The van der Waals surface area contributed by atoms with Gasteiger partial charge < -0.3 is 19.7 Å². The Morgan fingerprint density at radius 3 is 2.53 bits per heavy atom. The lowest BCUT2D eigenvalue weighted by Crippen LogP contribution is -2.20.